The van der Waals surface area contributed by atoms with Crippen LogP contribution >= 0.6 is 0 Å². The van der Waals surface area contributed by atoms with Crippen molar-refractivity contribution in [3.63, 3.8) is 0 Å². The van der Waals surface area contributed by atoms with Crippen LogP contribution in [-0.4, -0.2) is 28.8 Å². The van der Waals surface area contributed by atoms with Gasteiger partial charge in [-0.25, -0.2) is 0 Å². The Morgan fingerprint density at radius 2 is 1.84 bits per heavy atom. The third kappa shape index (κ3) is 5.32. The highest BCUT2D eigenvalue weighted by molar-refractivity contribution is 5.78. The first kappa shape index (κ1) is 21.1. The minimum Gasteiger partial charge on any atom is -0.370 e. The summed E-state index contributed by atoms with van der Waals surface area (Å²) in [4.78, 5) is 12.3. The number of halogens is 3. The molecule has 5 nitrogen and oxygen atoms in total. The number of rotatable bonds is 6. The van der Waals surface area contributed by atoms with Gasteiger partial charge in [-0.3, -0.25) is 9.48 Å². The highest BCUT2D eigenvalue weighted by atomic mass is 19.4. The number of aromatic nitrogens is 2. The molecular weight excluding hydrogens is 407 g/mol. The van der Waals surface area contributed by atoms with Gasteiger partial charge in [-0.2, -0.15) is 18.3 Å². The molecule has 162 valence electrons. The molecule has 1 atom stereocenters. The molecule has 1 amide bonds. The zero-order chi connectivity index (χ0) is 21.8. The summed E-state index contributed by atoms with van der Waals surface area (Å²) >= 11 is 0. The maximum Gasteiger partial charge on any atom is 0.416 e. The number of hydrogen-bond acceptors (Lipinski definition) is 3. The van der Waals surface area contributed by atoms with Crippen molar-refractivity contribution in [2.24, 2.45) is 0 Å². The van der Waals surface area contributed by atoms with Gasteiger partial charge in [0.25, 0.3) is 0 Å². The molecule has 0 saturated heterocycles. The molecule has 0 saturated carbocycles. The Hall–Kier alpha value is -3.13. The molecule has 1 N–H and O–H groups in total. The van der Waals surface area contributed by atoms with E-state index in [0.717, 1.165) is 35.4 Å². The Bertz CT molecular complexity index is 1030. The zero-order valence-corrected chi connectivity index (χ0v) is 16.7. The normalized spacial score (nSPS) is 16.0. The molecule has 4 rings (SSSR count). The van der Waals surface area contributed by atoms with Gasteiger partial charge in [-0.05, 0) is 35.2 Å². The van der Waals surface area contributed by atoms with E-state index >= 15 is 0 Å². The van der Waals surface area contributed by atoms with Crippen molar-refractivity contribution in [2.45, 2.75) is 31.7 Å². The highest BCUT2D eigenvalue weighted by Gasteiger charge is 2.30. The molecule has 8 heteroatoms. The van der Waals surface area contributed by atoms with Gasteiger partial charge in [-0.15, -0.1) is 0 Å². The fraction of sp³-hybridized carbons (Fsp3) is 0.304. The molecular formula is C23H22F3N3O2. The van der Waals surface area contributed by atoms with Gasteiger partial charge in [0.05, 0.1) is 30.8 Å². The van der Waals surface area contributed by atoms with Gasteiger partial charge in [0.1, 0.15) is 6.10 Å². The van der Waals surface area contributed by atoms with Gasteiger partial charge < -0.3 is 10.1 Å². The van der Waals surface area contributed by atoms with Gasteiger partial charge in [0.15, 0.2) is 0 Å². The van der Waals surface area contributed by atoms with Crippen molar-refractivity contribution in [2.75, 3.05) is 13.2 Å². The van der Waals surface area contributed by atoms with Crippen LogP contribution in [0.4, 0.5) is 13.2 Å². The Kier molecular flexibility index (Phi) is 6.08. The number of alkyl halides is 3. The topological polar surface area (TPSA) is 56.1 Å². The van der Waals surface area contributed by atoms with Crippen LogP contribution in [0.1, 0.15) is 34.1 Å². The van der Waals surface area contributed by atoms with E-state index in [1.54, 1.807) is 0 Å². The number of nitrogens with zero attached hydrogens (tertiary/aromatic N) is 2. The standard InChI is InChI=1S/C23H22F3N3O2/c24-23(25,26)19-8-6-16(7-9-19)12-21(30)27-13-20-22-18(10-11-31-20)15-29(28-22)14-17-4-2-1-3-5-17/h1-9,15,20H,10-14H2,(H,27,30)/t20-/m1/s1. The van der Waals surface area contributed by atoms with Crippen LogP contribution in [0.5, 0.6) is 0 Å². The first-order valence-corrected chi connectivity index (χ1v) is 10.0. The number of benzene rings is 2. The minimum absolute atomic E-state index is 0.000161. The van der Waals surface area contributed by atoms with Crippen LogP contribution in [-0.2, 0) is 35.1 Å². The first-order valence-electron chi connectivity index (χ1n) is 10.0. The molecule has 1 aromatic heterocycles. The summed E-state index contributed by atoms with van der Waals surface area (Å²) in [5, 5.41) is 7.47. The van der Waals surface area contributed by atoms with E-state index in [9.17, 15) is 18.0 Å². The van der Waals surface area contributed by atoms with Crippen molar-refractivity contribution in [3.05, 3.63) is 88.7 Å². The Morgan fingerprint density at radius 3 is 2.55 bits per heavy atom. The number of ether oxygens (including phenoxy) is 1. The molecule has 2 aromatic carbocycles. The van der Waals surface area contributed by atoms with Crippen molar-refractivity contribution in [1.82, 2.24) is 15.1 Å². The fourth-order valence-corrected chi connectivity index (χ4v) is 3.60. The fourth-order valence-electron chi connectivity index (χ4n) is 3.60. The molecule has 0 radical (unpaired) electrons. The summed E-state index contributed by atoms with van der Waals surface area (Å²) in [6, 6.07) is 14.6. The molecule has 0 unspecified atom stereocenters. The van der Waals surface area contributed by atoms with E-state index in [1.807, 2.05) is 41.2 Å². The molecule has 0 aliphatic carbocycles. The molecule has 1 aliphatic rings. The smallest absolute Gasteiger partial charge is 0.370 e. The van der Waals surface area contributed by atoms with Crippen LogP contribution < -0.4 is 5.32 Å². The van der Waals surface area contributed by atoms with E-state index in [0.29, 0.717) is 18.7 Å². The highest BCUT2D eigenvalue weighted by Crippen LogP contribution is 2.29. The lowest BCUT2D eigenvalue weighted by molar-refractivity contribution is -0.137. The van der Waals surface area contributed by atoms with Gasteiger partial charge in [-0.1, -0.05) is 42.5 Å². The third-order valence-corrected chi connectivity index (χ3v) is 5.18. The number of nitrogens with one attached hydrogen (secondary N) is 1. The van der Waals surface area contributed by atoms with Crippen molar-refractivity contribution in [3.8, 4) is 0 Å². The largest absolute Gasteiger partial charge is 0.416 e. The lowest BCUT2D eigenvalue weighted by Crippen LogP contribution is -2.32. The summed E-state index contributed by atoms with van der Waals surface area (Å²) in [5.74, 6) is -0.279. The van der Waals surface area contributed by atoms with Crippen LogP contribution in [0.15, 0.2) is 60.8 Å². The Morgan fingerprint density at radius 1 is 1.10 bits per heavy atom. The molecule has 0 fully saturated rings. The maximum atomic E-state index is 12.7. The van der Waals surface area contributed by atoms with Crippen LogP contribution in [0.3, 0.4) is 0 Å². The van der Waals surface area contributed by atoms with Gasteiger partial charge >= 0.3 is 6.18 Å². The van der Waals surface area contributed by atoms with E-state index in [-0.39, 0.29) is 25.0 Å². The summed E-state index contributed by atoms with van der Waals surface area (Å²) in [6.45, 7) is 1.46. The van der Waals surface area contributed by atoms with Crippen molar-refractivity contribution >= 4 is 5.91 Å². The molecule has 1 aliphatic heterocycles. The average Bonchev–Trinajstić information content (AvgIpc) is 3.15. The van der Waals surface area contributed by atoms with Gasteiger partial charge in [0.2, 0.25) is 5.91 Å². The number of hydrogen-bond donors (Lipinski definition) is 1. The lowest BCUT2D eigenvalue weighted by Gasteiger charge is -2.22. The predicted octanol–water partition coefficient (Wildman–Crippen LogP) is 3.92. The van der Waals surface area contributed by atoms with Crippen LogP contribution in [0.25, 0.3) is 0 Å². The summed E-state index contributed by atoms with van der Waals surface area (Å²) in [7, 11) is 0. The van der Waals surface area contributed by atoms with E-state index in [2.05, 4.69) is 10.4 Å². The Labute approximate surface area is 177 Å². The minimum atomic E-state index is -4.39. The summed E-state index contributed by atoms with van der Waals surface area (Å²) in [5.41, 5.74) is 2.85. The maximum absolute atomic E-state index is 12.7. The van der Waals surface area contributed by atoms with Gasteiger partial charge in [0, 0.05) is 12.7 Å². The Balaban J connectivity index is 1.35. The van der Waals surface area contributed by atoms with Crippen LogP contribution in [0, 0.1) is 0 Å². The molecule has 0 bridgehead atoms. The number of amides is 1. The molecule has 2 heterocycles. The summed E-state index contributed by atoms with van der Waals surface area (Å²) in [6.07, 6.45) is -1.96. The predicted molar refractivity (Wildman–Crippen MR) is 108 cm³/mol. The second kappa shape index (κ2) is 8.93. The second-order valence-electron chi connectivity index (χ2n) is 7.51. The van der Waals surface area contributed by atoms with E-state index in [4.69, 9.17) is 4.74 Å². The average molecular weight is 429 g/mol. The number of carbonyl (C=O) groups excluding carboxylic acids is 1. The third-order valence-electron chi connectivity index (χ3n) is 5.18. The zero-order valence-electron chi connectivity index (χ0n) is 16.7. The molecule has 0 spiro atoms. The van der Waals surface area contributed by atoms with Crippen LogP contribution in [0.2, 0.25) is 0 Å². The second-order valence-corrected chi connectivity index (χ2v) is 7.51. The number of carbonyl (C=O) groups is 1. The van der Waals surface area contributed by atoms with Crippen molar-refractivity contribution in [1.29, 1.82) is 0 Å². The SMILES string of the molecule is O=C(Cc1ccc(C(F)(F)F)cc1)NC[C@H]1OCCc2cn(Cc3ccccc3)nc21. The van der Waals surface area contributed by atoms with E-state index in [1.165, 1.54) is 12.1 Å². The quantitative estimate of drug-likeness (QED) is 0.646. The van der Waals surface area contributed by atoms with Crippen molar-refractivity contribution < 1.29 is 22.7 Å². The lowest BCUT2D eigenvalue weighted by atomic mass is 10.1. The molecule has 3 aromatic rings. The molecule has 31 heavy (non-hydrogen) atoms. The monoisotopic (exact) mass is 429 g/mol. The number of fused-ring (bicyclic) bond motifs is 1. The first-order chi connectivity index (χ1) is 14.9. The van der Waals surface area contributed by atoms with E-state index < -0.39 is 11.7 Å². The summed E-state index contributed by atoms with van der Waals surface area (Å²) < 4.78 is 45.6.